The molecule has 3 aromatic rings. The van der Waals surface area contributed by atoms with Crippen molar-refractivity contribution in [3.05, 3.63) is 60.4 Å². The van der Waals surface area contributed by atoms with Gasteiger partial charge in [0.25, 0.3) is 5.91 Å². The van der Waals surface area contributed by atoms with Crippen LogP contribution in [-0.4, -0.2) is 56.9 Å². The zero-order chi connectivity index (χ0) is 18.8. The number of para-hydroxylation sites is 1. The Labute approximate surface area is 157 Å². The molecule has 8 nitrogen and oxygen atoms in total. The van der Waals surface area contributed by atoms with Crippen molar-refractivity contribution in [2.24, 2.45) is 7.05 Å². The number of carbonyl (C=O) groups excluding carboxylic acids is 1. The molecule has 4 rings (SSSR count). The number of nitrogens with zero attached hydrogens (tertiary/aromatic N) is 5. The van der Waals surface area contributed by atoms with E-state index in [1.54, 1.807) is 24.2 Å². The number of ether oxygens (including phenoxy) is 1. The van der Waals surface area contributed by atoms with Gasteiger partial charge in [0.15, 0.2) is 11.4 Å². The molecule has 0 bridgehead atoms. The van der Waals surface area contributed by atoms with Crippen molar-refractivity contribution in [3.8, 4) is 11.4 Å². The first kappa shape index (κ1) is 17.3. The molecule has 27 heavy (non-hydrogen) atoms. The quantitative estimate of drug-likeness (QED) is 0.755. The number of imidazole rings is 1. The van der Waals surface area contributed by atoms with Gasteiger partial charge in [-0.1, -0.05) is 18.2 Å². The third-order valence-corrected chi connectivity index (χ3v) is 4.78. The van der Waals surface area contributed by atoms with Gasteiger partial charge in [-0.05, 0) is 12.1 Å². The minimum atomic E-state index is -0.156. The molecular weight excluding hydrogens is 344 g/mol. The van der Waals surface area contributed by atoms with Crippen LogP contribution in [0.4, 0.5) is 0 Å². The molecule has 0 radical (unpaired) electrons. The molecule has 3 heterocycles. The Morgan fingerprint density at radius 3 is 2.81 bits per heavy atom. The Kier molecular flexibility index (Phi) is 4.64. The largest absolute Gasteiger partial charge is 0.493 e. The Hall–Kier alpha value is -3.13. The van der Waals surface area contributed by atoms with Crippen LogP contribution in [0.2, 0.25) is 0 Å². The first-order valence-corrected chi connectivity index (χ1v) is 8.87. The molecule has 1 amide bonds. The van der Waals surface area contributed by atoms with E-state index in [9.17, 15) is 4.79 Å². The number of aromatic nitrogens is 4. The summed E-state index contributed by atoms with van der Waals surface area (Å²) in [5, 5.41) is 7.86. The summed E-state index contributed by atoms with van der Waals surface area (Å²) < 4.78 is 9.05. The highest BCUT2D eigenvalue weighted by Crippen LogP contribution is 2.26. The minimum absolute atomic E-state index is 0.155. The first-order valence-electron chi connectivity index (χ1n) is 8.87. The topological polar surface area (TPSA) is 77.2 Å². The van der Waals surface area contributed by atoms with E-state index in [1.807, 2.05) is 53.0 Å². The van der Waals surface area contributed by atoms with Gasteiger partial charge in [-0.2, -0.15) is 5.10 Å². The fourth-order valence-corrected chi connectivity index (χ4v) is 3.38. The van der Waals surface area contributed by atoms with Gasteiger partial charge in [-0.15, -0.1) is 0 Å². The second-order valence-electron chi connectivity index (χ2n) is 6.44. The Bertz CT molecular complexity index is 933. The summed E-state index contributed by atoms with van der Waals surface area (Å²) in [6, 6.07) is 9.51. The van der Waals surface area contributed by atoms with Gasteiger partial charge in [0.2, 0.25) is 0 Å². The molecule has 1 aromatic carbocycles. The number of carbonyl (C=O) groups is 1. The van der Waals surface area contributed by atoms with E-state index in [4.69, 9.17) is 4.74 Å². The van der Waals surface area contributed by atoms with Crippen LogP contribution in [0.5, 0.6) is 5.75 Å². The van der Waals surface area contributed by atoms with Crippen LogP contribution in [0.15, 0.2) is 48.9 Å². The molecular formula is C19H22N6O2. The number of hydrogen-bond acceptors (Lipinski definition) is 5. The Balaban J connectivity index is 1.69. The highest BCUT2D eigenvalue weighted by atomic mass is 16.5. The van der Waals surface area contributed by atoms with E-state index >= 15 is 0 Å². The van der Waals surface area contributed by atoms with Crippen LogP contribution in [0.3, 0.4) is 0 Å². The third-order valence-electron chi connectivity index (χ3n) is 4.78. The van der Waals surface area contributed by atoms with E-state index in [0.717, 1.165) is 18.1 Å². The number of benzene rings is 1. The van der Waals surface area contributed by atoms with Crippen molar-refractivity contribution >= 4 is 5.91 Å². The summed E-state index contributed by atoms with van der Waals surface area (Å²) in [6.07, 6.45) is 5.37. The van der Waals surface area contributed by atoms with Crippen LogP contribution in [0.1, 0.15) is 22.4 Å². The summed E-state index contributed by atoms with van der Waals surface area (Å²) in [6.45, 7) is 1.96. The van der Waals surface area contributed by atoms with Crippen LogP contribution in [0.25, 0.3) is 5.69 Å². The van der Waals surface area contributed by atoms with E-state index < -0.39 is 0 Å². The predicted molar refractivity (Wildman–Crippen MR) is 100.0 cm³/mol. The van der Waals surface area contributed by atoms with Crippen molar-refractivity contribution in [3.63, 3.8) is 0 Å². The average Bonchev–Trinajstić information content (AvgIpc) is 3.34. The fraction of sp³-hybridized carbons (Fsp3) is 0.316. The second-order valence-corrected chi connectivity index (χ2v) is 6.44. The summed E-state index contributed by atoms with van der Waals surface area (Å²) >= 11 is 0. The van der Waals surface area contributed by atoms with Gasteiger partial charge < -0.3 is 19.5 Å². The summed E-state index contributed by atoms with van der Waals surface area (Å²) in [4.78, 5) is 19.6. The standard InChI is InChI=1S/C19H22N6O2/c1-23-10-9-21-18(23)15-12-20-8-11-24(15)19(26)17-16(27-2)13-25(22-17)14-6-4-3-5-7-14/h3-7,9-10,13,15,20H,8,11-12H2,1-2H3. The molecule has 1 atom stereocenters. The van der Waals surface area contributed by atoms with Crippen molar-refractivity contribution in [1.29, 1.82) is 0 Å². The van der Waals surface area contributed by atoms with E-state index in [-0.39, 0.29) is 11.9 Å². The fourth-order valence-electron chi connectivity index (χ4n) is 3.38. The van der Waals surface area contributed by atoms with Crippen LogP contribution in [-0.2, 0) is 7.05 Å². The first-order chi connectivity index (χ1) is 13.2. The number of methoxy groups -OCH3 is 1. The lowest BCUT2D eigenvalue weighted by Gasteiger charge is -2.35. The van der Waals surface area contributed by atoms with Crippen LogP contribution in [0, 0.1) is 0 Å². The molecule has 1 saturated heterocycles. The van der Waals surface area contributed by atoms with Crippen LogP contribution >= 0.6 is 0 Å². The molecule has 1 aliphatic heterocycles. The van der Waals surface area contributed by atoms with Gasteiger partial charge in [0.1, 0.15) is 11.9 Å². The van der Waals surface area contributed by atoms with E-state index in [0.29, 0.717) is 24.5 Å². The van der Waals surface area contributed by atoms with Crippen molar-refractivity contribution < 1.29 is 9.53 Å². The maximum Gasteiger partial charge on any atom is 0.278 e. The molecule has 8 heteroatoms. The maximum absolute atomic E-state index is 13.3. The van der Waals surface area contributed by atoms with Crippen molar-refractivity contribution in [1.82, 2.24) is 29.5 Å². The molecule has 1 N–H and O–H groups in total. The number of rotatable bonds is 4. The number of aryl methyl sites for hydroxylation is 1. The predicted octanol–water partition coefficient (Wildman–Crippen LogP) is 1.40. The number of piperazine rings is 1. The molecule has 0 spiro atoms. The second kappa shape index (κ2) is 7.24. The molecule has 1 fully saturated rings. The lowest BCUT2D eigenvalue weighted by Crippen LogP contribution is -2.49. The summed E-state index contributed by atoms with van der Waals surface area (Å²) in [5.74, 6) is 1.15. The summed E-state index contributed by atoms with van der Waals surface area (Å²) in [5.41, 5.74) is 1.18. The smallest absolute Gasteiger partial charge is 0.278 e. The van der Waals surface area contributed by atoms with Gasteiger partial charge in [0, 0.05) is 39.1 Å². The lowest BCUT2D eigenvalue weighted by molar-refractivity contribution is 0.0611. The average molecular weight is 366 g/mol. The zero-order valence-corrected chi connectivity index (χ0v) is 15.4. The Morgan fingerprint density at radius 1 is 1.30 bits per heavy atom. The third kappa shape index (κ3) is 3.19. The monoisotopic (exact) mass is 366 g/mol. The normalized spacial score (nSPS) is 17.1. The molecule has 0 saturated carbocycles. The molecule has 1 aliphatic rings. The van der Waals surface area contributed by atoms with E-state index in [2.05, 4.69) is 15.4 Å². The van der Waals surface area contributed by atoms with Crippen molar-refractivity contribution in [2.75, 3.05) is 26.7 Å². The SMILES string of the molecule is COc1cn(-c2ccccc2)nc1C(=O)N1CCNCC1c1nccn1C. The van der Waals surface area contributed by atoms with Gasteiger partial charge in [0.05, 0.1) is 19.0 Å². The maximum atomic E-state index is 13.3. The van der Waals surface area contributed by atoms with E-state index in [1.165, 1.54) is 0 Å². The van der Waals surface area contributed by atoms with Crippen LogP contribution < -0.4 is 10.1 Å². The van der Waals surface area contributed by atoms with Gasteiger partial charge in [-0.3, -0.25) is 4.79 Å². The van der Waals surface area contributed by atoms with Gasteiger partial charge >= 0.3 is 0 Å². The minimum Gasteiger partial charge on any atom is -0.493 e. The molecule has 1 unspecified atom stereocenters. The highest BCUT2D eigenvalue weighted by molar-refractivity contribution is 5.95. The molecule has 140 valence electrons. The highest BCUT2D eigenvalue weighted by Gasteiger charge is 2.33. The zero-order valence-electron chi connectivity index (χ0n) is 15.4. The summed E-state index contributed by atoms with van der Waals surface area (Å²) in [7, 11) is 3.49. The number of amides is 1. The van der Waals surface area contributed by atoms with Crippen molar-refractivity contribution in [2.45, 2.75) is 6.04 Å². The Morgan fingerprint density at radius 2 is 2.11 bits per heavy atom. The molecule has 2 aromatic heterocycles. The number of hydrogen-bond donors (Lipinski definition) is 1. The number of nitrogens with one attached hydrogen (secondary N) is 1. The lowest BCUT2D eigenvalue weighted by atomic mass is 10.1. The molecule has 0 aliphatic carbocycles. The van der Waals surface area contributed by atoms with Gasteiger partial charge in [-0.25, -0.2) is 9.67 Å².